The number of halogens is 2. The summed E-state index contributed by atoms with van der Waals surface area (Å²) in [5.41, 5.74) is 0. The Morgan fingerprint density at radius 1 is 1.17 bits per heavy atom. The summed E-state index contributed by atoms with van der Waals surface area (Å²) in [4.78, 5) is 8.15. The average molecular weight is 409 g/mol. The second-order valence-electron chi connectivity index (χ2n) is 3.05. The summed E-state index contributed by atoms with van der Waals surface area (Å²) in [6.45, 7) is 7.02. The predicted octanol–water partition coefficient (Wildman–Crippen LogP) is 0.678. The third-order valence-electron chi connectivity index (χ3n) is 0.608. The number of carboxylic acids is 1. The molecule has 0 aliphatic carbocycles. The molecule has 0 rings (SSSR count). The molecule has 0 heterocycles. The van der Waals surface area contributed by atoms with Crippen LogP contribution in [0.15, 0.2) is 0 Å². The summed E-state index contributed by atoms with van der Waals surface area (Å²) < 4.78 is 0. The van der Waals surface area contributed by atoms with Crippen molar-refractivity contribution in [3.63, 3.8) is 0 Å². The molecule has 0 saturated heterocycles. The molecule has 5 nitrogen and oxygen atoms in total. The second kappa shape index (κ2) is 23.3. The Morgan fingerprint density at radius 3 is 1.33 bits per heavy atom. The van der Waals surface area contributed by atoms with Gasteiger partial charge in [0.25, 0.3) is 0 Å². The smallest absolute Gasteiger partial charge is 0.337 e. The molecule has 0 spiro atoms. The van der Waals surface area contributed by atoms with Crippen molar-refractivity contribution in [1.82, 2.24) is 0 Å². The molecule has 0 aromatic carbocycles. The molecule has 0 amide bonds. The maximum atomic E-state index is 9.44. The van der Waals surface area contributed by atoms with E-state index in [0.717, 1.165) is 0 Å². The maximum Gasteiger partial charge on any atom is 0.337 e. The first-order valence-electron chi connectivity index (χ1n) is 4.42. The third kappa shape index (κ3) is 53.4. The fourth-order valence-electron chi connectivity index (χ4n) is 0.0577. The topological polar surface area (TPSA) is 98.0 Å². The van der Waals surface area contributed by atoms with Gasteiger partial charge in [-0.25, -0.2) is 4.79 Å². The number of carboxylic acid groups (broad SMARTS) is 1. The standard InChI is InChI=1S/C4H9.C3H8O3.C2H2Cl2O2.2Zn/c1-4(2)3;4-1-3(6)2-5;3-1(4)2(5)6;;/h4H,1H2,2-3H3;3-6H,1-2H2;1H,(H,5,6);;/q-1;;;;. The Morgan fingerprint density at radius 2 is 1.33 bits per heavy atom. The SMILES string of the molecule is O=C(O)C(Cl)Cl.OCC(O)CO.[CH2-]C(C)C.[Zn].[Zn]. The van der Waals surface area contributed by atoms with Crippen LogP contribution in [0.3, 0.4) is 0 Å². The summed E-state index contributed by atoms with van der Waals surface area (Å²) >= 11 is 9.56. The minimum Gasteiger partial charge on any atom is -0.479 e. The van der Waals surface area contributed by atoms with Crippen molar-refractivity contribution in [3.8, 4) is 0 Å². The number of hydrogen-bond donors (Lipinski definition) is 4. The normalized spacial score (nSPS) is 8.39. The molecule has 0 radical (unpaired) electrons. The third-order valence-corrected chi connectivity index (χ3v) is 0.982. The number of hydrogen-bond acceptors (Lipinski definition) is 4. The van der Waals surface area contributed by atoms with E-state index in [9.17, 15) is 4.79 Å². The molecule has 0 aromatic heterocycles. The van der Waals surface area contributed by atoms with E-state index in [-0.39, 0.29) is 52.2 Å². The number of rotatable bonds is 3. The van der Waals surface area contributed by atoms with E-state index in [0.29, 0.717) is 5.92 Å². The van der Waals surface area contributed by atoms with Gasteiger partial charge in [-0.05, 0) is 0 Å². The van der Waals surface area contributed by atoms with Gasteiger partial charge < -0.3 is 27.3 Å². The van der Waals surface area contributed by atoms with Gasteiger partial charge in [-0.1, -0.05) is 37.0 Å². The van der Waals surface area contributed by atoms with Crippen LogP contribution in [0, 0.1) is 12.8 Å². The quantitative estimate of drug-likeness (QED) is 0.313. The Bertz CT molecular complexity index is 155. The first kappa shape index (κ1) is 31.5. The molecule has 0 atom stereocenters. The van der Waals surface area contributed by atoms with Crippen LogP contribution >= 0.6 is 23.2 Å². The number of carbonyl (C=O) groups is 1. The molecular formula is C9H19Cl2O5Zn2-. The molecular weight excluding hydrogens is 390 g/mol. The molecule has 0 bridgehead atoms. The summed E-state index contributed by atoms with van der Waals surface area (Å²) in [5, 5.41) is 31.7. The summed E-state index contributed by atoms with van der Waals surface area (Å²) in [5.74, 6) is -0.627. The zero-order valence-corrected chi connectivity index (χ0v) is 18.2. The van der Waals surface area contributed by atoms with Crippen molar-refractivity contribution in [2.45, 2.75) is 24.8 Å². The van der Waals surface area contributed by atoms with Crippen molar-refractivity contribution in [1.29, 1.82) is 0 Å². The first-order chi connectivity index (χ1) is 7.18. The molecule has 9 heteroatoms. The van der Waals surface area contributed by atoms with Crippen LogP contribution in [0.4, 0.5) is 0 Å². The Kier molecular flexibility index (Phi) is 40.8. The summed E-state index contributed by atoms with van der Waals surface area (Å²) in [6.07, 6.45) is -0.954. The van der Waals surface area contributed by atoms with E-state index in [1.54, 1.807) is 0 Å². The summed E-state index contributed by atoms with van der Waals surface area (Å²) in [6, 6.07) is 0. The van der Waals surface area contributed by atoms with Crippen molar-refractivity contribution in [2.24, 2.45) is 5.92 Å². The molecule has 18 heavy (non-hydrogen) atoms. The van der Waals surface area contributed by atoms with Gasteiger partial charge in [0.1, 0.15) is 6.10 Å². The molecule has 0 aliphatic rings. The van der Waals surface area contributed by atoms with Crippen molar-refractivity contribution >= 4 is 29.2 Å². The zero-order valence-electron chi connectivity index (χ0n) is 10.7. The number of aliphatic hydroxyl groups is 3. The van der Waals surface area contributed by atoms with Crippen LogP contribution in [0.1, 0.15) is 13.8 Å². The molecule has 4 N–H and O–H groups in total. The van der Waals surface area contributed by atoms with Crippen LogP contribution in [-0.4, -0.2) is 50.5 Å². The van der Waals surface area contributed by atoms with E-state index < -0.39 is 16.9 Å². The second-order valence-corrected chi connectivity index (χ2v) is 4.15. The number of aliphatic carboxylic acids is 1. The fourth-order valence-corrected chi connectivity index (χ4v) is 0.0577. The van der Waals surface area contributed by atoms with Gasteiger partial charge in [0.2, 0.25) is 4.84 Å². The first-order valence-corrected chi connectivity index (χ1v) is 5.30. The van der Waals surface area contributed by atoms with Crippen LogP contribution < -0.4 is 0 Å². The van der Waals surface area contributed by atoms with Gasteiger partial charge in [0.05, 0.1) is 13.2 Å². The van der Waals surface area contributed by atoms with E-state index >= 15 is 0 Å². The minimum absolute atomic E-state index is 0. The van der Waals surface area contributed by atoms with Crippen LogP contribution in [0.25, 0.3) is 0 Å². The summed E-state index contributed by atoms with van der Waals surface area (Å²) in [7, 11) is 0. The number of alkyl halides is 2. The zero-order chi connectivity index (χ0) is 13.7. The van der Waals surface area contributed by atoms with E-state index in [4.69, 9.17) is 43.6 Å². The predicted molar refractivity (Wildman–Crippen MR) is 63.5 cm³/mol. The van der Waals surface area contributed by atoms with Gasteiger partial charge in [0.15, 0.2) is 0 Å². The molecule has 0 aromatic rings. The molecule has 0 unspecified atom stereocenters. The van der Waals surface area contributed by atoms with E-state index in [2.05, 4.69) is 20.8 Å². The van der Waals surface area contributed by atoms with E-state index in [1.165, 1.54) is 0 Å². The van der Waals surface area contributed by atoms with Gasteiger partial charge in [-0.2, -0.15) is 5.92 Å². The average Bonchev–Trinajstić information content (AvgIpc) is 2.16. The van der Waals surface area contributed by atoms with Crippen molar-refractivity contribution < 1.29 is 64.2 Å². The van der Waals surface area contributed by atoms with Gasteiger partial charge in [-0.15, -0.1) is 0 Å². The Balaban J connectivity index is -0.0000000454. The van der Waals surface area contributed by atoms with Gasteiger partial charge in [-0.3, -0.25) is 0 Å². The van der Waals surface area contributed by atoms with E-state index in [1.807, 2.05) is 0 Å². The minimum atomic E-state index is -1.29. The van der Waals surface area contributed by atoms with Gasteiger partial charge >= 0.3 is 5.97 Å². The molecule has 0 aliphatic heterocycles. The van der Waals surface area contributed by atoms with Crippen LogP contribution in [0.2, 0.25) is 0 Å². The monoisotopic (exact) mass is 405 g/mol. The molecule has 0 fully saturated rings. The fraction of sp³-hybridized carbons (Fsp3) is 0.778. The van der Waals surface area contributed by atoms with Crippen LogP contribution in [-0.2, 0) is 43.8 Å². The number of aliphatic hydroxyl groups excluding tert-OH is 3. The van der Waals surface area contributed by atoms with Gasteiger partial charge in [0, 0.05) is 39.0 Å². The Labute approximate surface area is 143 Å². The van der Waals surface area contributed by atoms with Crippen molar-refractivity contribution in [3.05, 3.63) is 6.92 Å². The van der Waals surface area contributed by atoms with Crippen LogP contribution in [0.5, 0.6) is 0 Å². The molecule has 0 saturated carbocycles. The van der Waals surface area contributed by atoms with Crippen molar-refractivity contribution in [2.75, 3.05) is 13.2 Å². The Hall–Kier alpha value is 1.18. The molecule has 104 valence electrons. The largest absolute Gasteiger partial charge is 0.479 e. The maximum absolute atomic E-state index is 9.44.